The number of hydrogen-bond acceptors (Lipinski definition) is 3. The van der Waals surface area contributed by atoms with Crippen molar-refractivity contribution in [3.8, 4) is 5.75 Å². The van der Waals surface area contributed by atoms with Gasteiger partial charge in [0.25, 0.3) is 5.91 Å². The first-order chi connectivity index (χ1) is 11.3. The molecule has 0 aliphatic rings. The van der Waals surface area contributed by atoms with E-state index in [9.17, 15) is 4.79 Å². The van der Waals surface area contributed by atoms with Crippen molar-refractivity contribution < 1.29 is 9.53 Å². The highest BCUT2D eigenvalue weighted by Gasteiger charge is 2.18. The maximum Gasteiger partial charge on any atom is 0.252 e. The van der Waals surface area contributed by atoms with E-state index in [1.54, 1.807) is 30.6 Å². The van der Waals surface area contributed by atoms with E-state index in [1.165, 1.54) is 0 Å². The van der Waals surface area contributed by atoms with Crippen molar-refractivity contribution in [2.75, 3.05) is 7.11 Å². The maximum atomic E-state index is 12.6. The summed E-state index contributed by atoms with van der Waals surface area (Å²) in [6.45, 7) is 0. The van der Waals surface area contributed by atoms with Gasteiger partial charge in [0.2, 0.25) is 0 Å². The van der Waals surface area contributed by atoms with E-state index in [2.05, 4.69) is 5.32 Å². The van der Waals surface area contributed by atoms with Gasteiger partial charge in [-0.05, 0) is 35.2 Å². The van der Waals surface area contributed by atoms with Gasteiger partial charge in [-0.3, -0.25) is 4.79 Å². The molecule has 0 fully saturated rings. The zero-order valence-corrected chi connectivity index (χ0v) is 13.5. The summed E-state index contributed by atoms with van der Waals surface area (Å²) in [5, 5.41) is 5.14. The lowest BCUT2D eigenvalue weighted by Crippen LogP contribution is -2.28. The van der Waals surface area contributed by atoms with Gasteiger partial charge in [0.15, 0.2) is 0 Å². The number of ether oxygens (including phenoxy) is 1. The van der Waals surface area contributed by atoms with Crippen LogP contribution in [-0.4, -0.2) is 13.0 Å². The van der Waals surface area contributed by atoms with Crippen LogP contribution in [0.25, 0.3) is 0 Å². The molecule has 3 rings (SSSR count). The number of hydrogen-bond donors (Lipinski definition) is 1. The van der Waals surface area contributed by atoms with Crippen LogP contribution in [0.15, 0.2) is 72.1 Å². The Morgan fingerprint density at radius 1 is 1.04 bits per heavy atom. The Morgan fingerprint density at radius 2 is 1.87 bits per heavy atom. The van der Waals surface area contributed by atoms with Gasteiger partial charge in [-0.2, -0.15) is 0 Å². The van der Waals surface area contributed by atoms with Crippen molar-refractivity contribution in [1.82, 2.24) is 5.32 Å². The first kappa shape index (κ1) is 15.3. The summed E-state index contributed by atoms with van der Waals surface area (Å²) in [5.41, 5.74) is 1.65. The highest BCUT2D eigenvalue weighted by molar-refractivity contribution is 7.10. The predicted octanol–water partition coefficient (Wildman–Crippen LogP) is 4.28. The van der Waals surface area contributed by atoms with Crippen molar-refractivity contribution >= 4 is 17.2 Å². The van der Waals surface area contributed by atoms with Crippen LogP contribution in [0, 0.1) is 0 Å². The molecule has 0 saturated heterocycles. The highest BCUT2D eigenvalue weighted by atomic mass is 32.1. The minimum atomic E-state index is -0.157. The van der Waals surface area contributed by atoms with Crippen LogP contribution in [0.3, 0.4) is 0 Å². The fourth-order valence-corrected chi connectivity index (χ4v) is 3.20. The zero-order chi connectivity index (χ0) is 16.1. The van der Waals surface area contributed by atoms with Crippen LogP contribution < -0.4 is 10.1 Å². The number of benzene rings is 2. The SMILES string of the molecule is COc1cccc(C(=O)NC(c2ccccc2)c2cccs2)c1. The monoisotopic (exact) mass is 323 g/mol. The molecule has 0 aliphatic heterocycles. The topological polar surface area (TPSA) is 38.3 Å². The van der Waals surface area contributed by atoms with Gasteiger partial charge >= 0.3 is 0 Å². The molecule has 1 unspecified atom stereocenters. The Hall–Kier alpha value is -2.59. The molecule has 1 atom stereocenters. The van der Waals surface area contributed by atoms with Crippen LogP contribution in [-0.2, 0) is 0 Å². The van der Waals surface area contributed by atoms with E-state index in [0.717, 1.165) is 10.4 Å². The predicted molar refractivity (Wildman–Crippen MR) is 93.1 cm³/mol. The molecule has 23 heavy (non-hydrogen) atoms. The third-order valence-corrected chi connectivity index (χ3v) is 4.51. The Kier molecular flexibility index (Phi) is 4.74. The van der Waals surface area contributed by atoms with Gasteiger partial charge in [-0.15, -0.1) is 11.3 Å². The highest BCUT2D eigenvalue weighted by Crippen LogP contribution is 2.26. The van der Waals surface area contributed by atoms with Gasteiger partial charge in [0, 0.05) is 10.4 Å². The molecular weight excluding hydrogens is 306 g/mol. The number of carbonyl (C=O) groups excluding carboxylic acids is 1. The third kappa shape index (κ3) is 3.60. The Morgan fingerprint density at radius 3 is 2.57 bits per heavy atom. The summed E-state index contributed by atoms with van der Waals surface area (Å²) in [7, 11) is 1.59. The molecule has 116 valence electrons. The molecule has 1 aromatic heterocycles. The van der Waals surface area contributed by atoms with Gasteiger partial charge in [-0.25, -0.2) is 0 Å². The lowest BCUT2D eigenvalue weighted by Gasteiger charge is -2.18. The summed E-state index contributed by atoms with van der Waals surface area (Å²) < 4.78 is 5.19. The molecule has 4 heteroatoms. The van der Waals surface area contributed by atoms with Gasteiger partial charge in [0.1, 0.15) is 5.75 Å². The largest absolute Gasteiger partial charge is 0.497 e. The van der Waals surface area contributed by atoms with E-state index in [-0.39, 0.29) is 11.9 Å². The number of nitrogens with one attached hydrogen (secondary N) is 1. The zero-order valence-electron chi connectivity index (χ0n) is 12.7. The fourth-order valence-electron chi connectivity index (χ4n) is 2.40. The average Bonchev–Trinajstić information content (AvgIpc) is 3.14. The fraction of sp³-hybridized carbons (Fsp3) is 0.105. The standard InChI is InChI=1S/C19H17NO2S/c1-22-16-10-5-9-15(13-16)19(21)20-18(17-11-6-12-23-17)14-7-3-2-4-8-14/h2-13,18H,1H3,(H,20,21). The van der Waals surface area contributed by atoms with E-state index in [1.807, 2.05) is 60.0 Å². The lowest BCUT2D eigenvalue weighted by atomic mass is 10.0. The second-order valence-electron chi connectivity index (χ2n) is 5.06. The molecule has 1 heterocycles. The van der Waals surface area contributed by atoms with Crippen molar-refractivity contribution in [2.45, 2.75) is 6.04 Å². The molecule has 0 saturated carbocycles. The van der Waals surface area contributed by atoms with Gasteiger partial charge in [-0.1, -0.05) is 42.5 Å². The van der Waals surface area contributed by atoms with Crippen molar-refractivity contribution in [1.29, 1.82) is 0 Å². The minimum absolute atomic E-state index is 0.119. The summed E-state index contributed by atoms with van der Waals surface area (Å²) in [6.07, 6.45) is 0. The first-order valence-corrected chi connectivity index (χ1v) is 8.19. The first-order valence-electron chi connectivity index (χ1n) is 7.31. The van der Waals surface area contributed by atoms with Gasteiger partial charge < -0.3 is 10.1 Å². The number of carbonyl (C=O) groups is 1. The lowest BCUT2D eigenvalue weighted by molar-refractivity contribution is 0.0943. The number of thiophene rings is 1. The Bertz CT molecular complexity index is 769. The molecule has 0 aliphatic carbocycles. The van der Waals surface area contributed by atoms with Crippen molar-refractivity contribution in [3.05, 3.63) is 88.1 Å². The smallest absolute Gasteiger partial charge is 0.252 e. The van der Waals surface area contributed by atoms with E-state index >= 15 is 0 Å². The van der Waals surface area contributed by atoms with E-state index < -0.39 is 0 Å². The summed E-state index contributed by atoms with van der Waals surface area (Å²) >= 11 is 1.63. The average molecular weight is 323 g/mol. The Balaban J connectivity index is 1.88. The maximum absolute atomic E-state index is 12.6. The van der Waals surface area contributed by atoms with Crippen LogP contribution >= 0.6 is 11.3 Å². The molecule has 1 amide bonds. The summed E-state index contributed by atoms with van der Waals surface area (Å²) in [4.78, 5) is 13.7. The second kappa shape index (κ2) is 7.11. The molecular formula is C19H17NO2S. The van der Waals surface area contributed by atoms with Crippen LogP contribution in [0.2, 0.25) is 0 Å². The summed E-state index contributed by atoms with van der Waals surface area (Å²) in [5.74, 6) is 0.552. The van der Waals surface area contributed by atoms with E-state index in [4.69, 9.17) is 4.74 Å². The molecule has 1 N–H and O–H groups in total. The number of amides is 1. The number of methoxy groups -OCH3 is 1. The molecule has 0 radical (unpaired) electrons. The van der Waals surface area contributed by atoms with E-state index in [0.29, 0.717) is 11.3 Å². The molecule has 3 nitrogen and oxygen atoms in total. The second-order valence-corrected chi connectivity index (χ2v) is 6.04. The quantitative estimate of drug-likeness (QED) is 0.761. The summed E-state index contributed by atoms with van der Waals surface area (Å²) in [6, 6.07) is 21.0. The van der Waals surface area contributed by atoms with Crippen molar-refractivity contribution in [2.24, 2.45) is 0 Å². The number of rotatable bonds is 5. The molecule has 0 spiro atoms. The molecule has 3 aromatic rings. The minimum Gasteiger partial charge on any atom is -0.497 e. The molecule has 2 aromatic carbocycles. The third-order valence-electron chi connectivity index (χ3n) is 3.57. The molecule has 0 bridgehead atoms. The van der Waals surface area contributed by atoms with Crippen LogP contribution in [0.4, 0.5) is 0 Å². The van der Waals surface area contributed by atoms with Crippen LogP contribution in [0.1, 0.15) is 26.8 Å². The van der Waals surface area contributed by atoms with Gasteiger partial charge in [0.05, 0.1) is 13.2 Å². The Labute approximate surface area is 139 Å². The normalized spacial score (nSPS) is 11.7. The van der Waals surface area contributed by atoms with Crippen LogP contribution in [0.5, 0.6) is 5.75 Å². The van der Waals surface area contributed by atoms with Crippen molar-refractivity contribution in [3.63, 3.8) is 0 Å².